The van der Waals surface area contributed by atoms with Gasteiger partial charge in [-0.15, -0.1) is 0 Å². The molecular formula is C25H40N2O5Si. The first-order valence-electron chi connectivity index (χ1n) is 11.5. The molecule has 0 saturated heterocycles. The van der Waals surface area contributed by atoms with E-state index in [1.165, 1.54) is 7.11 Å². The Labute approximate surface area is 199 Å². The van der Waals surface area contributed by atoms with E-state index < -0.39 is 19.9 Å². The van der Waals surface area contributed by atoms with Crippen molar-refractivity contribution in [3.8, 4) is 0 Å². The van der Waals surface area contributed by atoms with Gasteiger partial charge in [0.1, 0.15) is 11.3 Å². The third kappa shape index (κ3) is 7.40. The summed E-state index contributed by atoms with van der Waals surface area (Å²) >= 11 is 0. The van der Waals surface area contributed by atoms with E-state index in [9.17, 15) is 9.59 Å². The van der Waals surface area contributed by atoms with Crippen molar-refractivity contribution in [2.45, 2.75) is 90.7 Å². The second-order valence-electron chi connectivity index (χ2n) is 11.0. The third-order valence-electron chi connectivity index (χ3n) is 6.15. The molecule has 0 aliphatic carbocycles. The minimum Gasteiger partial charge on any atom is -0.464 e. The molecule has 2 rings (SSSR count). The van der Waals surface area contributed by atoms with E-state index in [0.717, 1.165) is 17.7 Å². The molecule has 33 heavy (non-hydrogen) atoms. The van der Waals surface area contributed by atoms with Crippen LogP contribution in [0.25, 0.3) is 0 Å². The predicted molar refractivity (Wildman–Crippen MR) is 132 cm³/mol. The molecule has 1 aliphatic rings. The molecule has 1 aliphatic heterocycles. The van der Waals surface area contributed by atoms with Crippen LogP contribution in [0.2, 0.25) is 18.1 Å². The summed E-state index contributed by atoms with van der Waals surface area (Å²) in [6.45, 7) is 17.7. The van der Waals surface area contributed by atoms with Gasteiger partial charge in [-0.05, 0) is 57.0 Å². The first-order chi connectivity index (χ1) is 15.1. The van der Waals surface area contributed by atoms with E-state index in [0.29, 0.717) is 19.6 Å². The molecule has 0 radical (unpaired) electrons. The molecule has 1 atom stereocenters. The number of aromatic nitrogens is 1. The molecule has 0 bridgehead atoms. The number of pyridine rings is 1. The van der Waals surface area contributed by atoms with Crippen LogP contribution in [0.15, 0.2) is 24.3 Å². The van der Waals surface area contributed by atoms with Gasteiger partial charge in [-0.1, -0.05) is 39.0 Å². The van der Waals surface area contributed by atoms with Crippen molar-refractivity contribution < 1.29 is 23.5 Å². The minimum atomic E-state index is -1.79. The first-order valence-corrected chi connectivity index (χ1v) is 14.4. The molecule has 1 amide bonds. The van der Waals surface area contributed by atoms with E-state index in [2.05, 4.69) is 44.9 Å². The lowest BCUT2D eigenvalue weighted by molar-refractivity contribution is 0.0161. The fourth-order valence-electron chi connectivity index (χ4n) is 3.22. The second kappa shape index (κ2) is 10.4. The maximum Gasteiger partial charge on any atom is 0.411 e. The van der Waals surface area contributed by atoms with Gasteiger partial charge < -0.3 is 13.9 Å². The molecule has 0 spiro atoms. The molecule has 0 saturated carbocycles. The molecule has 0 N–H and O–H groups in total. The van der Waals surface area contributed by atoms with Crippen molar-refractivity contribution in [2.24, 2.45) is 0 Å². The van der Waals surface area contributed by atoms with E-state index in [4.69, 9.17) is 13.9 Å². The topological polar surface area (TPSA) is 78.0 Å². The summed E-state index contributed by atoms with van der Waals surface area (Å²) < 4.78 is 16.7. The molecule has 2 heterocycles. The van der Waals surface area contributed by atoms with Crippen molar-refractivity contribution in [2.75, 3.05) is 13.7 Å². The number of hydrogen-bond acceptors (Lipinski definition) is 6. The average Bonchev–Trinajstić information content (AvgIpc) is 2.69. The van der Waals surface area contributed by atoms with E-state index in [1.54, 1.807) is 11.0 Å². The minimum absolute atomic E-state index is 0.167. The summed E-state index contributed by atoms with van der Waals surface area (Å²) in [7, 11) is -0.455. The van der Waals surface area contributed by atoms with Gasteiger partial charge in [-0.25, -0.2) is 14.6 Å². The molecule has 8 heteroatoms. The van der Waals surface area contributed by atoms with Gasteiger partial charge in [-0.2, -0.15) is 0 Å². The van der Waals surface area contributed by atoms with Crippen LogP contribution in [0.4, 0.5) is 4.79 Å². The Hall–Kier alpha value is -2.19. The van der Waals surface area contributed by atoms with Crippen LogP contribution in [-0.2, 0) is 26.9 Å². The lowest BCUT2D eigenvalue weighted by Crippen LogP contribution is -2.46. The van der Waals surface area contributed by atoms with Crippen LogP contribution >= 0.6 is 0 Å². The van der Waals surface area contributed by atoms with Crippen molar-refractivity contribution in [3.05, 3.63) is 41.2 Å². The largest absolute Gasteiger partial charge is 0.464 e. The van der Waals surface area contributed by atoms with Gasteiger partial charge in [0.25, 0.3) is 0 Å². The van der Waals surface area contributed by atoms with Crippen molar-refractivity contribution in [3.63, 3.8) is 0 Å². The fraction of sp³-hybridized carbons (Fsp3) is 0.640. The zero-order valence-corrected chi connectivity index (χ0v) is 22.7. The van der Waals surface area contributed by atoms with Gasteiger partial charge in [0, 0.05) is 18.7 Å². The first kappa shape index (κ1) is 27.1. The summed E-state index contributed by atoms with van der Waals surface area (Å²) in [5, 5.41) is 0.167. The Morgan fingerprint density at radius 2 is 1.85 bits per heavy atom. The lowest BCUT2D eigenvalue weighted by atomic mass is 9.98. The maximum atomic E-state index is 12.9. The highest BCUT2D eigenvalue weighted by Crippen LogP contribution is 2.36. The van der Waals surface area contributed by atoms with E-state index in [-0.39, 0.29) is 22.9 Å². The molecule has 184 valence electrons. The molecule has 1 unspecified atom stereocenters. The highest BCUT2D eigenvalue weighted by Gasteiger charge is 2.37. The van der Waals surface area contributed by atoms with Gasteiger partial charge in [-0.3, -0.25) is 4.90 Å². The normalized spacial score (nSPS) is 17.1. The van der Waals surface area contributed by atoms with Gasteiger partial charge in [0.05, 0.1) is 19.7 Å². The number of methoxy groups -OCH3 is 1. The number of carbonyl (C=O) groups excluding carboxylic acids is 2. The van der Waals surface area contributed by atoms with Crippen LogP contribution in [0.5, 0.6) is 0 Å². The average molecular weight is 477 g/mol. The van der Waals surface area contributed by atoms with E-state index >= 15 is 0 Å². The Balaban J connectivity index is 2.18. The monoisotopic (exact) mass is 476 g/mol. The van der Waals surface area contributed by atoms with Crippen molar-refractivity contribution in [1.29, 1.82) is 0 Å². The number of amides is 1. The molecule has 0 fully saturated rings. The van der Waals surface area contributed by atoms with Crippen LogP contribution in [0, 0.1) is 0 Å². The highest BCUT2D eigenvalue weighted by molar-refractivity contribution is 6.74. The van der Waals surface area contributed by atoms with Crippen LogP contribution < -0.4 is 0 Å². The SMILES string of the molecule is COC(=O)c1ccc2c(n1)CC(C=CCCO[Si](C)(C)C(C)(C)C)N(C(=O)OC(C)(C)C)C2. The molecular weight excluding hydrogens is 436 g/mol. The van der Waals surface area contributed by atoms with Gasteiger partial charge in [0.15, 0.2) is 8.32 Å². The lowest BCUT2D eigenvalue weighted by Gasteiger charge is -2.36. The second-order valence-corrected chi connectivity index (χ2v) is 15.8. The number of ether oxygens (including phenoxy) is 2. The Morgan fingerprint density at radius 1 is 1.18 bits per heavy atom. The zero-order valence-electron chi connectivity index (χ0n) is 21.7. The van der Waals surface area contributed by atoms with E-state index in [1.807, 2.05) is 32.9 Å². The number of hydrogen-bond donors (Lipinski definition) is 0. The number of fused-ring (bicyclic) bond motifs is 1. The Morgan fingerprint density at radius 3 is 2.42 bits per heavy atom. The number of esters is 1. The maximum absolute atomic E-state index is 12.9. The van der Waals surface area contributed by atoms with Crippen molar-refractivity contribution >= 4 is 20.4 Å². The molecule has 1 aromatic heterocycles. The van der Waals surface area contributed by atoms with Gasteiger partial charge >= 0.3 is 12.1 Å². The number of rotatable bonds is 6. The number of nitrogens with zero attached hydrogens (tertiary/aromatic N) is 2. The van der Waals surface area contributed by atoms with Crippen molar-refractivity contribution in [1.82, 2.24) is 9.88 Å². The van der Waals surface area contributed by atoms with Crippen LogP contribution in [0.1, 0.15) is 69.7 Å². The third-order valence-corrected chi connectivity index (χ3v) is 10.7. The number of carbonyl (C=O) groups is 2. The molecule has 7 nitrogen and oxygen atoms in total. The predicted octanol–water partition coefficient (Wildman–Crippen LogP) is 5.50. The summed E-state index contributed by atoms with van der Waals surface area (Å²) in [6.07, 6.45) is 4.98. The zero-order chi connectivity index (χ0) is 25.0. The Kier molecular flexibility index (Phi) is 8.51. The molecule has 1 aromatic rings. The fourth-order valence-corrected chi connectivity index (χ4v) is 4.28. The van der Waals surface area contributed by atoms with Crippen LogP contribution in [-0.4, -0.2) is 55.6 Å². The molecule has 0 aromatic carbocycles. The smallest absolute Gasteiger partial charge is 0.411 e. The van der Waals surface area contributed by atoms with Gasteiger partial charge in [0.2, 0.25) is 0 Å². The summed E-state index contributed by atoms with van der Waals surface area (Å²) in [6, 6.07) is 3.24. The summed E-state index contributed by atoms with van der Waals surface area (Å²) in [5.41, 5.74) is 1.38. The summed E-state index contributed by atoms with van der Waals surface area (Å²) in [4.78, 5) is 31.1. The Bertz CT molecular complexity index is 884. The summed E-state index contributed by atoms with van der Waals surface area (Å²) in [5.74, 6) is -0.470. The quantitative estimate of drug-likeness (QED) is 0.234. The standard InChI is InChI=1S/C25H40N2O5Si/c1-24(2,3)32-23(29)27-17-18-13-14-20(22(28)30-7)26-21(18)16-19(27)12-10-11-15-31-33(8,9)25(4,5)6/h10,12-14,19H,11,15-17H2,1-9H3. The van der Waals surface area contributed by atoms with Crippen LogP contribution in [0.3, 0.4) is 0 Å². The highest BCUT2D eigenvalue weighted by atomic mass is 28.4.